The van der Waals surface area contributed by atoms with Gasteiger partial charge in [-0.15, -0.1) is 0 Å². The third-order valence-electron chi connectivity index (χ3n) is 5.08. The van der Waals surface area contributed by atoms with Gasteiger partial charge in [-0.05, 0) is 41.9 Å². The van der Waals surface area contributed by atoms with Crippen molar-refractivity contribution in [1.82, 2.24) is 4.90 Å². The second kappa shape index (κ2) is 9.05. The van der Waals surface area contributed by atoms with Gasteiger partial charge in [0, 0.05) is 12.6 Å². The average molecular weight is 367 g/mol. The maximum atomic E-state index is 12.6. The van der Waals surface area contributed by atoms with Crippen LogP contribution in [0, 0.1) is 5.92 Å². The zero-order chi connectivity index (χ0) is 19.2. The topological polar surface area (TPSA) is 55.6 Å². The SMILES string of the molecule is CC(C)COC(=O)N1CCCC(N)C1Cc1cccc(-c2ccccc2)c1. The zero-order valence-corrected chi connectivity index (χ0v) is 16.3. The summed E-state index contributed by atoms with van der Waals surface area (Å²) >= 11 is 0. The average Bonchev–Trinajstić information content (AvgIpc) is 2.68. The van der Waals surface area contributed by atoms with Crippen molar-refractivity contribution in [2.24, 2.45) is 11.7 Å². The van der Waals surface area contributed by atoms with Gasteiger partial charge in [-0.2, -0.15) is 0 Å². The number of carbonyl (C=O) groups excluding carboxylic acids is 1. The first-order valence-electron chi connectivity index (χ1n) is 9.88. The summed E-state index contributed by atoms with van der Waals surface area (Å²) in [6.07, 6.45) is 2.39. The van der Waals surface area contributed by atoms with Gasteiger partial charge in [0.25, 0.3) is 0 Å². The van der Waals surface area contributed by atoms with Gasteiger partial charge in [0.2, 0.25) is 0 Å². The van der Waals surface area contributed by atoms with Crippen molar-refractivity contribution < 1.29 is 9.53 Å². The molecule has 3 rings (SSSR count). The highest BCUT2D eigenvalue weighted by atomic mass is 16.6. The van der Waals surface area contributed by atoms with E-state index in [-0.39, 0.29) is 18.2 Å². The number of piperidine rings is 1. The third-order valence-corrected chi connectivity index (χ3v) is 5.08. The molecule has 4 nitrogen and oxygen atoms in total. The molecule has 0 bridgehead atoms. The highest BCUT2D eigenvalue weighted by Crippen LogP contribution is 2.25. The normalized spacial score (nSPS) is 19.9. The molecule has 1 aliphatic heterocycles. The van der Waals surface area contributed by atoms with Gasteiger partial charge in [0.05, 0.1) is 12.6 Å². The predicted octanol–water partition coefficient (Wildman–Crippen LogP) is 4.48. The van der Waals surface area contributed by atoms with Crippen molar-refractivity contribution in [2.45, 2.75) is 45.2 Å². The van der Waals surface area contributed by atoms with E-state index in [4.69, 9.17) is 10.5 Å². The van der Waals surface area contributed by atoms with E-state index in [1.807, 2.05) is 36.9 Å². The van der Waals surface area contributed by atoms with Gasteiger partial charge in [-0.1, -0.05) is 68.4 Å². The molecule has 144 valence electrons. The molecule has 2 aromatic carbocycles. The Bertz CT molecular complexity index is 745. The summed E-state index contributed by atoms with van der Waals surface area (Å²) in [5, 5.41) is 0. The van der Waals surface area contributed by atoms with Crippen molar-refractivity contribution in [3.63, 3.8) is 0 Å². The minimum atomic E-state index is -0.233. The number of likely N-dealkylation sites (tertiary alicyclic amines) is 1. The molecule has 0 saturated carbocycles. The fourth-order valence-corrected chi connectivity index (χ4v) is 3.65. The summed E-state index contributed by atoms with van der Waals surface area (Å²) in [7, 11) is 0. The predicted molar refractivity (Wildman–Crippen MR) is 109 cm³/mol. The van der Waals surface area contributed by atoms with Crippen LogP contribution in [0.15, 0.2) is 54.6 Å². The lowest BCUT2D eigenvalue weighted by Crippen LogP contribution is -2.55. The maximum Gasteiger partial charge on any atom is 0.410 e. The molecule has 0 spiro atoms. The molecule has 1 fully saturated rings. The lowest BCUT2D eigenvalue weighted by Gasteiger charge is -2.39. The molecule has 1 amide bonds. The summed E-state index contributed by atoms with van der Waals surface area (Å²) in [6, 6.07) is 18.8. The molecule has 2 unspecified atom stereocenters. The van der Waals surface area contributed by atoms with Crippen LogP contribution in [0.1, 0.15) is 32.3 Å². The Labute approximate surface area is 162 Å². The summed E-state index contributed by atoms with van der Waals surface area (Å²) in [5.41, 5.74) is 9.99. The van der Waals surface area contributed by atoms with E-state index in [0.29, 0.717) is 19.1 Å². The molecule has 27 heavy (non-hydrogen) atoms. The van der Waals surface area contributed by atoms with E-state index < -0.39 is 0 Å². The molecular formula is C23H30N2O2. The number of rotatable bonds is 5. The number of benzene rings is 2. The summed E-state index contributed by atoms with van der Waals surface area (Å²) < 4.78 is 5.48. The molecule has 2 N–H and O–H groups in total. The Balaban J connectivity index is 1.76. The van der Waals surface area contributed by atoms with Crippen LogP contribution < -0.4 is 5.73 Å². The van der Waals surface area contributed by atoms with Crippen LogP contribution in [0.25, 0.3) is 11.1 Å². The van der Waals surface area contributed by atoms with Crippen LogP contribution in [0.3, 0.4) is 0 Å². The first-order valence-corrected chi connectivity index (χ1v) is 9.88. The highest BCUT2D eigenvalue weighted by Gasteiger charge is 2.33. The van der Waals surface area contributed by atoms with Gasteiger partial charge >= 0.3 is 6.09 Å². The van der Waals surface area contributed by atoms with Gasteiger partial charge in [0.1, 0.15) is 0 Å². The van der Waals surface area contributed by atoms with Crippen molar-refractivity contribution in [3.05, 3.63) is 60.2 Å². The van der Waals surface area contributed by atoms with Crippen LogP contribution in [-0.4, -0.2) is 36.2 Å². The Kier molecular flexibility index (Phi) is 6.51. The quantitative estimate of drug-likeness (QED) is 0.849. The van der Waals surface area contributed by atoms with Crippen molar-refractivity contribution >= 4 is 6.09 Å². The van der Waals surface area contributed by atoms with Crippen LogP contribution in [0.4, 0.5) is 4.79 Å². The van der Waals surface area contributed by atoms with Gasteiger partial charge in [0.15, 0.2) is 0 Å². The van der Waals surface area contributed by atoms with E-state index >= 15 is 0 Å². The van der Waals surface area contributed by atoms with E-state index in [2.05, 4.69) is 36.4 Å². The number of ether oxygens (including phenoxy) is 1. The number of hydrogen-bond acceptors (Lipinski definition) is 3. The first-order chi connectivity index (χ1) is 13.0. The van der Waals surface area contributed by atoms with E-state index in [1.165, 1.54) is 16.7 Å². The number of nitrogens with zero attached hydrogens (tertiary/aromatic N) is 1. The Morgan fingerprint density at radius 2 is 1.89 bits per heavy atom. The summed E-state index contributed by atoms with van der Waals surface area (Å²) in [4.78, 5) is 14.4. The zero-order valence-electron chi connectivity index (χ0n) is 16.3. The minimum Gasteiger partial charge on any atom is -0.449 e. The Morgan fingerprint density at radius 1 is 1.15 bits per heavy atom. The van der Waals surface area contributed by atoms with E-state index in [1.54, 1.807) is 0 Å². The van der Waals surface area contributed by atoms with Crippen LogP contribution in [-0.2, 0) is 11.2 Å². The lowest BCUT2D eigenvalue weighted by atomic mass is 9.91. The fraction of sp³-hybridized carbons (Fsp3) is 0.435. The van der Waals surface area contributed by atoms with E-state index in [0.717, 1.165) is 19.3 Å². The number of amides is 1. The molecule has 1 saturated heterocycles. The summed E-state index contributed by atoms with van der Waals surface area (Å²) in [6.45, 7) is 5.25. The van der Waals surface area contributed by atoms with Gasteiger partial charge in [-0.25, -0.2) is 4.79 Å². The van der Waals surface area contributed by atoms with Crippen molar-refractivity contribution in [1.29, 1.82) is 0 Å². The first kappa shape index (κ1) is 19.4. The fourth-order valence-electron chi connectivity index (χ4n) is 3.65. The molecule has 1 aliphatic rings. The molecule has 4 heteroatoms. The number of hydrogen-bond donors (Lipinski definition) is 1. The Hall–Kier alpha value is -2.33. The standard InChI is InChI=1S/C23H30N2O2/c1-17(2)16-27-23(26)25-13-7-12-21(24)22(25)15-18-8-6-11-20(14-18)19-9-4-3-5-10-19/h3-6,8-11,14,17,21-22H,7,12-13,15-16,24H2,1-2H3. The third kappa shape index (κ3) is 5.10. The number of carbonyl (C=O) groups is 1. The Morgan fingerprint density at radius 3 is 2.63 bits per heavy atom. The molecule has 2 atom stereocenters. The van der Waals surface area contributed by atoms with Crippen LogP contribution >= 0.6 is 0 Å². The molecule has 0 radical (unpaired) electrons. The second-order valence-electron chi connectivity index (χ2n) is 7.81. The van der Waals surface area contributed by atoms with Gasteiger partial charge < -0.3 is 15.4 Å². The van der Waals surface area contributed by atoms with Crippen molar-refractivity contribution in [2.75, 3.05) is 13.2 Å². The molecule has 1 heterocycles. The van der Waals surface area contributed by atoms with Crippen molar-refractivity contribution in [3.8, 4) is 11.1 Å². The molecule has 0 aliphatic carbocycles. The van der Waals surface area contributed by atoms with Crippen LogP contribution in [0.2, 0.25) is 0 Å². The molecular weight excluding hydrogens is 336 g/mol. The van der Waals surface area contributed by atoms with Crippen LogP contribution in [0.5, 0.6) is 0 Å². The second-order valence-corrected chi connectivity index (χ2v) is 7.81. The summed E-state index contributed by atoms with van der Waals surface area (Å²) in [5.74, 6) is 0.327. The highest BCUT2D eigenvalue weighted by molar-refractivity contribution is 5.68. The number of nitrogens with two attached hydrogens (primary N) is 1. The largest absolute Gasteiger partial charge is 0.449 e. The molecule has 0 aromatic heterocycles. The van der Waals surface area contributed by atoms with Gasteiger partial charge in [-0.3, -0.25) is 0 Å². The smallest absolute Gasteiger partial charge is 0.410 e. The molecule has 2 aromatic rings. The van der Waals surface area contributed by atoms with E-state index in [9.17, 15) is 4.79 Å². The minimum absolute atomic E-state index is 0.0225. The maximum absolute atomic E-state index is 12.6. The lowest BCUT2D eigenvalue weighted by molar-refractivity contribution is 0.0597. The monoisotopic (exact) mass is 366 g/mol.